The summed E-state index contributed by atoms with van der Waals surface area (Å²) in [6.45, 7) is 9.18. The Balaban J connectivity index is 2.66. The van der Waals surface area contributed by atoms with Crippen molar-refractivity contribution in [2.45, 2.75) is 53.4 Å². The van der Waals surface area contributed by atoms with Crippen molar-refractivity contribution in [2.24, 2.45) is 5.41 Å². The molecule has 0 radical (unpaired) electrons. The van der Waals surface area contributed by atoms with E-state index in [-0.39, 0.29) is 0 Å². The summed E-state index contributed by atoms with van der Waals surface area (Å²) in [6, 6.07) is 11.0. The van der Waals surface area contributed by atoms with Gasteiger partial charge < -0.3 is 4.74 Å². The van der Waals surface area contributed by atoms with Crippen LogP contribution >= 0.6 is 0 Å². The van der Waals surface area contributed by atoms with Crippen LogP contribution in [-0.2, 0) is 12.8 Å². The van der Waals surface area contributed by atoms with Crippen molar-refractivity contribution in [1.29, 1.82) is 0 Å². The number of aryl methyl sites for hydroxylation is 1. The fourth-order valence-electron chi connectivity index (χ4n) is 3.07. The van der Waals surface area contributed by atoms with E-state index in [0.717, 1.165) is 18.6 Å². The van der Waals surface area contributed by atoms with Crippen LogP contribution in [0.25, 0.3) is 10.8 Å². The largest absolute Gasteiger partial charge is 0.496 e. The molecule has 2 rings (SSSR count). The number of rotatable bonds is 6. The summed E-state index contributed by atoms with van der Waals surface area (Å²) in [5.41, 5.74) is 3.08. The van der Waals surface area contributed by atoms with E-state index in [9.17, 15) is 0 Å². The van der Waals surface area contributed by atoms with E-state index in [1.54, 1.807) is 7.11 Å². The van der Waals surface area contributed by atoms with Gasteiger partial charge in [-0.2, -0.15) is 0 Å². The van der Waals surface area contributed by atoms with E-state index in [2.05, 4.69) is 58.0 Å². The molecule has 0 atom stereocenters. The minimum atomic E-state index is 0.337. The molecule has 1 heteroatoms. The molecule has 2 aromatic rings. The van der Waals surface area contributed by atoms with Gasteiger partial charge in [0.2, 0.25) is 0 Å². The second-order valence-corrected chi connectivity index (χ2v) is 6.31. The molecule has 0 saturated carbocycles. The highest BCUT2D eigenvalue weighted by molar-refractivity contribution is 5.90. The SMILES string of the molecule is CCc1cc(OC)c(CC(C)(CC)CC)c2ccccc12. The second kappa shape index (κ2) is 6.51. The first-order valence-corrected chi connectivity index (χ1v) is 8.16. The van der Waals surface area contributed by atoms with E-state index in [1.165, 1.54) is 34.7 Å². The Morgan fingerprint density at radius 3 is 2.14 bits per heavy atom. The van der Waals surface area contributed by atoms with Crippen LogP contribution in [0, 0.1) is 5.41 Å². The fraction of sp³-hybridized carbons (Fsp3) is 0.500. The normalized spacial score (nSPS) is 11.9. The molecule has 114 valence electrons. The number of hydrogen-bond acceptors (Lipinski definition) is 1. The standard InChI is InChI=1S/C20H28O/c1-6-15-13-19(21-5)18(14-20(4,7-2)8-3)17-12-10-9-11-16(15)17/h9-13H,6-8,14H2,1-5H3. The maximum absolute atomic E-state index is 5.73. The molecule has 0 spiro atoms. The Hall–Kier alpha value is -1.50. The van der Waals surface area contributed by atoms with Gasteiger partial charge in [-0.15, -0.1) is 0 Å². The van der Waals surface area contributed by atoms with Crippen molar-refractivity contribution in [3.05, 3.63) is 41.5 Å². The van der Waals surface area contributed by atoms with Gasteiger partial charge in [-0.25, -0.2) is 0 Å². The fourth-order valence-corrected chi connectivity index (χ4v) is 3.07. The third-order valence-corrected chi connectivity index (χ3v) is 5.11. The molecular weight excluding hydrogens is 256 g/mol. The van der Waals surface area contributed by atoms with Crippen LogP contribution < -0.4 is 4.74 Å². The highest BCUT2D eigenvalue weighted by Crippen LogP contribution is 2.38. The number of ether oxygens (including phenoxy) is 1. The van der Waals surface area contributed by atoms with Crippen LogP contribution in [0.1, 0.15) is 51.7 Å². The lowest BCUT2D eigenvalue weighted by atomic mass is 9.77. The van der Waals surface area contributed by atoms with Gasteiger partial charge in [0.1, 0.15) is 5.75 Å². The van der Waals surface area contributed by atoms with E-state index >= 15 is 0 Å². The molecule has 0 aliphatic rings. The number of hydrogen-bond donors (Lipinski definition) is 0. The predicted molar refractivity (Wildman–Crippen MR) is 92.3 cm³/mol. The molecule has 0 heterocycles. The van der Waals surface area contributed by atoms with Crippen molar-refractivity contribution in [1.82, 2.24) is 0 Å². The van der Waals surface area contributed by atoms with Crippen molar-refractivity contribution < 1.29 is 4.74 Å². The molecule has 0 bridgehead atoms. The van der Waals surface area contributed by atoms with Gasteiger partial charge in [0.15, 0.2) is 0 Å². The highest BCUT2D eigenvalue weighted by Gasteiger charge is 2.24. The van der Waals surface area contributed by atoms with E-state index in [0.29, 0.717) is 5.41 Å². The van der Waals surface area contributed by atoms with Crippen LogP contribution in [0.4, 0.5) is 0 Å². The smallest absolute Gasteiger partial charge is 0.122 e. The van der Waals surface area contributed by atoms with Gasteiger partial charge in [-0.05, 0) is 40.7 Å². The minimum absolute atomic E-state index is 0.337. The van der Waals surface area contributed by atoms with Crippen molar-refractivity contribution in [2.75, 3.05) is 7.11 Å². The molecule has 2 aromatic carbocycles. The number of methoxy groups -OCH3 is 1. The Labute approximate surface area is 129 Å². The molecule has 21 heavy (non-hydrogen) atoms. The Bertz CT molecular complexity index is 609. The summed E-state index contributed by atoms with van der Waals surface area (Å²) < 4.78 is 5.73. The van der Waals surface area contributed by atoms with E-state index in [1.807, 2.05) is 0 Å². The molecule has 0 aliphatic heterocycles. The molecule has 0 unspecified atom stereocenters. The lowest BCUT2D eigenvalue weighted by Crippen LogP contribution is -2.18. The molecule has 0 aliphatic carbocycles. The van der Waals surface area contributed by atoms with Gasteiger partial charge >= 0.3 is 0 Å². The van der Waals surface area contributed by atoms with Crippen LogP contribution in [-0.4, -0.2) is 7.11 Å². The highest BCUT2D eigenvalue weighted by atomic mass is 16.5. The van der Waals surface area contributed by atoms with Crippen molar-refractivity contribution in [3.63, 3.8) is 0 Å². The molecule has 0 fully saturated rings. The van der Waals surface area contributed by atoms with Crippen LogP contribution in [0.3, 0.4) is 0 Å². The first kappa shape index (κ1) is 15.9. The lowest BCUT2D eigenvalue weighted by Gasteiger charge is -2.28. The zero-order valence-corrected chi connectivity index (χ0v) is 14.1. The van der Waals surface area contributed by atoms with Gasteiger partial charge in [-0.3, -0.25) is 0 Å². The third kappa shape index (κ3) is 3.07. The summed E-state index contributed by atoms with van der Waals surface area (Å²) in [7, 11) is 1.79. The zero-order chi connectivity index (χ0) is 15.5. The summed E-state index contributed by atoms with van der Waals surface area (Å²) in [4.78, 5) is 0. The van der Waals surface area contributed by atoms with Crippen molar-refractivity contribution >= 4 is 10.8 Å². The van der Waals surface area contributed by atoms with Gasteiger partial charge in [0.25, 0.3) is 0 Å². The first-order chi connectivity index (χ1) is 10.1. The van der Waals surface area contributed by atoms with Crippen molar-refractivity contribution in [3.8, 4) is 5.75 Å². The summed E-state index contributed by atoms with van der Waals surface area (Å²) in [6.07, 6.45) is 4.50. The maximum atomic E-state index is 5.73. The van der Waals surface area contributed by atoms with Gasteiger partial charge in [0, 0.05) is 5.56 Å². The third-order valence-electron chi connectivity index (χ3n) is 5.11. The molecule has 0 aromatic heterocycles. The predicted octanol–water partition coefficient (Wildman–Crippen LogP) is 5.78. The Morgan fingerprint density at radius 1 is 1.00 bits per heavy atom. The summed E-state index contributed by atoms with van der Waals surface area (Å²) in [5, 5.41) is 2.74. The molecule has 0 N–H and O–H groups in total. The molecular formula is C20H28O. The van der Waals surface area contributed by atoms with Crippen LogP contribution in [0.15, 0.2) is 30.3 Å². The van der Waals surface area contributed by atoms with Crippen LogP contribution in [0.2, 0.25) is 0 Å². The maximum Gasteiger partial charge on any atom is 0.122 e. The average molecular weight is 284 g/mol. The Kier molecular flexibility index (Phi) is 4.92. The number of fused-ring (bicyclic) bond motifs is 1. The van der Waals surface area contributed by atoms with E-state index < -0.39 is 0 Å². The molecule has 0 amide bonds. The Morgan fingerprint density at radius 2 is 1.62 bits per heavy atom. The molecule has 1 nitrogen and oxygen atoms in total. The van der Waals surface area contributed by atoms with Gasteiger partial charge in [-0.1, -0.05) is 64.8 Å². The first-order valence-electron chi connectivity index (χ1n) is 8.16. The van der Waals surface area contributed by atoms with E-state index in [4.69, 9.17) is 4.74 Å². The lowest BCUT2D eigenvalue weighted by molar-refractivity contribution is 0.291. The average Bonchev–Trinajstić information content (AvgIpc) is 2.54. The van der Waals surface area contributed by atoms with Gasteiger partial charge in [0.05, 0.1) is 7.11 Å². The van der Waals surface area contributed by atoms with Crippen LogP contribution in [0.5, 0.6) is 5.75 Å². The quantitative estimate of drug-likeness (QED) is 0.653. The second-order valence-electron chi connectivity index (χ2n) is 6.31. The summed E-state index contributed by atoms with van der Waals surface area (Å²) in [5.74, 6) is 1.05. The topological polar surface area (TPSA) is 9.23 Å². The minimum Gasteiger partial charge on any atom is -0.496 e. The monoisotopic (exact) mass is 284 g/mol. The molecule has 0 saturated heterocycles. The number of benzene rings is 2. The zero-order valence-electron chi connectivity index (χ0n) is 14.1. The summed E-state index contributed by atoms with van der Waals surface area (Å²) >= 11 is 0.